The van der Waals surface area contributed by atoms with E-state index in [4.69, 9.17) is 4.74 Å². The van der Waals surface area contributed by atoms with Gasteiger partial charge in [0.1, 0.15) is 17.4 Å². The Bertz CT molecular complexity index is 1090. The Morgan fingerprint density at radius 3 is 2.03 bits per heavy atom. The number of ether oxygens (including phenoxy) is 1. The average Bonchev–Trinajstić information content (AvgIpc) is 2.86. The number of benzene rings is 3. The van der Waals surface area contributed by atoms with Gasteiger partial charge in [0.15, 0.2) is 0 Å². The second kappa shape index (κ2) is 12.8. The first-order chi connectivity index (χ1) is 16.5. The molecular formula is C28H31F2NO4. The summed E-state index contributed by atoms with van der Waals surface area (Å²) in [4.78, 5) is 25.2. The second-order valence-corrected chi connectivity index (χ2v) is 7.66. The zero-order valence-corrected chi connectivity index (χ0v) is 19.0. The number of β-lactam (4-membered cyclic amide) rings is 1. The first-order valence-corrected chi connectivity index (χ1v) is 11.2. The van der Waals surface area contributed by atoms with Gasteiger partial charge in [-0.2, -0.15) is 0 Å². The Kier molecular flexibility index (Phi) is 10.1. The normalized spacial score (nSPS) is 17.3. The van der Waals surface area contributed by atoms with E-state index >= 15 is 0 Å². The standard InChI is InChI=1S/C25H21F2NO4.C2H6.CH4/c26-18-5-1-16(2-6-18)23(30)14-13-22-24(17-3-11-21(12-4-17)32-15-29)28(25(22)31)20-9-7-19(27)8-10-20;1-2;/h1-12,15,22-24,30H,13-14H2;1-2H3;1H4/t22-,23?,24?;;/m1../s1. The minimum atomic E-state index is -0.827. The highest BCUT2D eigenvalue weighted by molar-refractivity contribution is 6.03. The van der Waals surface area contributed by atoms with Crippen LogP contribution in [0, 0.1) is 17.6 Å². The molecule has 0 aliphatic carbocycles. The molecule has 1 amide bonds. The van der Waals surface area contributed by atoms with Gasteiger partial charge in [0.25, 0.3) is 6.47 Å². The summed E-state index contributed by atoms with van der Waals surface area (Å²) >= 11 is 0. The van der Waals surface area contributed by atoms with E-state index < -0.39 is 17.8 Å². The van der Waals surface area contributed by atoms with Gasteiger partial charge in [0.2, 0.25) is 5.91 Å². The fourth-order valence-corrected chi connectivity index (χ4v) is 4.09. The molecule has 1 saturated heterocycles. The van der Waals surface area contributed by atoms with Crippen LogP contribution >= 0.6 is 0 Å². The van der Waals surface area contributed by atoms with Crippen LogP contribution in [0.4, 0.5) is 14.5 Å². The highest BCUT2D eigenvalue weighted by Crippen LogP contribution is 2.46. The number of anilines is 1. The molecule has 3 aromatic rings. The van der Waals surface area contributed by atoms with Crippen LogP contribution in [0.15, 0.2) is 72.8 Å². The summed E-state index contributed by atoms with van der Waals surface area (Å²) in [6.45, 7) is 4.34. The Hall–Kier alpha value is -3.58. The molecule has 35 heavy (non-hydrogen) atoms. The van der Waals surface area contributed by atoms with E-state index in [0.29, 0.717) is 36.3 Å². The molecule has 0 bridgehead atoms. The van der Waals surface area contributed by atoms with Gasteiger partial charge in [-0.25, -0.2) is 8.78 Å². The van der Waals surface area contributed by atoms with E-state index in [-0.39, 0.29) is 25.2 Å². The highest BCUT2D eigenvalue weighted by Gasteiger charge is 2.48. The fourth-order valence-electron chi connectivity index (χ4n) is 4.09. The molecule has 1 N–H and O–H groups in total. The molecule has 1 fully saturated rings. The lowest BCUT2D eigenvalue weighted by atomic mass is 9.78. The molecule has 1 aliphatic heterocycles. The maximum Gasteiger partial charge on any atom is 0.298 e. The second-order valence-electron chi connectivity index (χ2n) is 7.66. The maximum atomic E-state index is 13.4. The number of nitrogens with zero attached hydrogens (tertiary/aromatic N) is 1. The van der Waals surface area contributed by atoms with Gasteiger partial charge in [-0.05, 0) is 72.5 Å². The van der Waals surface area contributed by atoms with Gasteiger partial charge in [-0.15, -0.1) is 0 Å². The molecule has 2 unspecified atom stereocenters. The molecule has 0 aromatic heterocycles. The van der Waals surface area contributed by atoms with Crippen molar-refractivity contribution in [2.45, 2.75) is 46.3 Å². The molecule has 1 aliphatic rings. The van der Waals surface area contributed by atoms with Crippen LogP contribution in [-0.4, -0.2) is 17.5 Å². The first kappa shape index (κ1) is 27.7. The topological polar surface area (TPSA) is 66.8 Å². The van der Waals surface area contributed by atoms with E-state index in [1.165, 1.54) is 36.4 Å². The van der Waals surface area contributed by atoms with Crippen LogP contribution in [0.2, 0.25) is 0 Å². The lowest BCUT2D eigenvalue weighted by molar-refractivity contribution is -0.131. The van der Waals surface area contributed by atoms with Crippen molar-refractivity contribution in [2.24, 2.45) is 5.92 Å². The van der Waals surface area contributed by atoms with Crippen molar-refractivity contribution in [3.05, 3.63) is 95.6 Å². The Labute approximate surface area is 205 Å². The third-order valence-corrected chi connectivity index (χ3v) is 5.73. The van der Waals surface area contributed by atoms with Gasteiger partial charge in [-0.1, -0.05) is 45.5 Å². The number of carbonyl (C=O) groups excluding carboxylic acids is 2. The largest absolute Gasteiger partial charge is 0.429 e. The number of amides is 1. The van der Waals surface area contributed by atoms with Crippen molar-refractivity contribution in [1.82, 2.24) is 0 Å². The summed E-state index contributed by atoms with van der Waals surface area (Å²) in [6, 6.07) is 17.8. The summed E-state index contributed by atoms with van der Waals surface area (Å²) in [7, 11) is 0. The van der Waals surface area contributed by atoms with Crippen molar-refractivity contribution < 1.29 is 28.2 Å². The van der Waals surface area contributed by atoms with Crippen LogP contribution in [0.3, 0.4) is 0 Å². The number of carbonyl (C=O) groups is 2. The molecule has 5 nitrogen and oxygen atoms in total. The monoisotopic (exact) mass is 483 g/mol. The Morgan fingerprint density at radius 2 is 1.49 bits per heavy atom. The number of hydrogen-bond acceptors (Lipinski definition) is 4. The summed E-state index contributed by atoms with van der Waals surface area (Å²) in [5.41, 5.74) is 1.99. The average molecular weight is 484 g/mol. The summed E-state index contributed by atoms with van der Waals surface area (Å²) in [5.74, 6) is -0.917. The third-order valence-electron chi connectivity index (χ3n) is 5.73. The SMILES string of the molecule is C.CC.O=COc1ccc(C2[C@@H](CCC(O)c3ccc(F)cc3)C(=O)N2c2ccc(F)cc2)cc1. The van der Waals surface area contributed by atoms with Crippen LogP contribution in [0.1, 0.15) is 57.4 Å². The molecule has 0 radical (unpaired) electrons. The van der Waals surface area contributed by atoms with Crippen molar-refractivity contribution in [1.29, 1.82) is 0 Å². The molecule has 3 aromatic carbocycles. The molecule has 0 spiro atoms. The van der Waals surface area contributed by atoms with Gasteiger partial charge < -0.3 is 14.7 Å². The third kappa shape index (κ3) is 6.31. The van der Waals surface area contributed by atoms with Gasteiger partial charge in [-0.3, -0.25) is 9.59 Å². The van der Waals surface area contributed by atoms with Crippen LogP contribution in [-0.2, 0) is 9.59 Å². The maximum absolute atomic E-state index is 13.4. The van der Waals surface area contributed by atoms with E-state index in [0.717, 1.165) is 5.56 Å². The van der Waals surface area contributed by atoms with Crippen LogP contribution in [0.5, 0.6) is 5.75 Å². The molecular weight excluding hydrogens is 452 g/mol. The van der Waals surface area contributed by atoms with E-state index in [1.54, 1.807) is 41.3 Å². The summed E-state index contributed by atoms with van der Waals surface area (Å²) < 4.78 is 31.4. The minimum absolute atomic E-state index is 0. The van der Waals surface area contributed by atoms with E-state index in [9.17, 15) is 23.5 Å². The number of hydrogen-bond donors (Lipinski definition) is 1. The van der Waals surface area contributed by atoms with Crippen molar-refractivity contribution >= 4 is 18.1 Å². The summed E-state index contributed by atoms with van der Waals surface area (Å²) in [5, 5.41) is 10.5. The minimum Gasteiger partial charge on any atom is -0.429 e. The molecule has 7 heteroatoms. The van der Waals surface area contributed by atoms with Crippen molar-refractivity contribution in [3.63, 3.8) is 0 Å². The van der Waals surface area contributed by atoms with E-state index in [2.05, 4.69) is 0 Å². The molecule has 0 saturated carbocycles. The fraction of sp³-hybridized carbons (Fsp3) is 0.286. The number of aliphatic hydroxyl groups excluding tert-OH is 1. The van der Waals surface area contributed by atoms with Crippen LogP contribution < -0.4 is 9.64 Å². The van der Waals surface area contributed by atoms with Crippen molar-refractivity contribution in [2.75, 3.05) is 4.90 Å². The molecule has 3 atom stereocenters. The quantitative estimate of drug-likeness (QED) is 0.298. The molecule has 4 rings (SSSR count). The lowest BCUT2D eigenvalue weighted by Gasteiger charge is -2.48. The highest BCUT2D eigenvalue weighted by atomic mass is 19.1. The first-order valence-electron chi connectivity index (χ1n) is 11.2. The summed E-state index contributed by atoms with van der Waals surface area (Å²) in [6.07, 6.45) is -0.0960. The number of halogens is 2. The van der Waals surface area contributed by atoms with Gasteiger partial charge in [0.05, 0.1) is 18.1 Å². The molecule has 186 valence electrons. The van der Waals surface area contributed by atoms with Crippen molar-refractivity contribution in [3.8, 4) is 5.75 Å². The predicted molar refractivity (Wildman–Crippen MR) is 132 cm³/mol. The van der Waals surface area contributed by atoms with Gasteiger partial charge >= 0.3 is 0 Å². The predicted octanol–water partition coefficient (Wildman–Crippen LogP) is 6.38. The zero-order chi connectivity index (χ0) is 24.7. The number of aliphatic hydroxyl groups is 1. The lowest BCUT2D eigenvalue weighted by Crippen LogP contribution is -2.55. The smallest absolute Gasteiger partial charge is 0.298 e. The Balaban J connectivity index is 0.00000140. The number of rotatable bonds is 8. The van der Waals surface area contributed by atoms with Gasteiger partial charge in [0, 0.05) is 5.69 Å². The zero-order valence-electron chi connectivity index (χ0n) is 19.0. The van der Waals surface area contributed by atoms with E-state index in [1.807, 2.05) is 13.8 Å². The Morgan fingerprint density at radius 1 is 0.943 bits per heavy atom. The molecule has 1 heterocycles. The van der Waals surface area contributed by atoms with Crippen LogP contribution in [0.25, 0.3) is 0 Å².